The van der Waals surface area contributed by atoms with Gasteiger partial charge in [-0.25, -0.2) is 4.79 Å². The fraction of sp³-hybridized carbons (Fsp3) is 0.390. The summed E-state index contributed by atoms with van der Waals surface area (Å²) < 4.78 is 39.0. The molecule has 636 valence electrons. The Labute approximate surface area is 701 Å². The first-order valence-electron chi connectivity index (χ1n) is 37.8. The number of phenols is 3. The number of hydrogen-bond acceptors (Lipinski definition) is 25. The van der Waals surface area contributed by atoms with Crippen molar-refractivity contribution in [1.82, 2.24) is 42.5 Å². The first-order valence-corrected chi connectivity index (χ1v) is 39.3. The Morgan fingerprint density at radius 3 is 1.93 bits per heavy atom. The highest BCUT2D eigenvalue weighted by Crippen LogP contribution is 2.49. The number of para-hydroxylation sites is 1. The number of amides is 7. The molecule has 5 aliphatic heterocycles. The van der Waals surface area contributed by atoms with Crippen molar-refractivity contribution in [3.8, 4) is 62.9 Å². The molecule has 5 heterocycles. The van der Waals surface area contributed by atoms with E-state index in [1.165, 1.54) is 55.6 Å². The number of benzene rings is 7. The van der Waals surface area contributed by atoms with E-state index >= 15 is 4.79 Å². The Hall–Kier alpha value is -10.3. The van der Waals surface area contributed by atoms with Crippen LogP contribution in [-0.4, -0.2) is 191 Å². The summed E-state index contributed by atoms with van der Waals surface area (Å²) in [5.41, 5.74) is 3.86. The number of aliphatic hydroxyl groups excluding tert-OH is 6. The number of hydrogen-bond donors (Lipinski definition) is 19. The van der Waals surface area contributed by atoms with Crippen LogP contribution >= 0.6 is 46.4 Å². The Kier molecular flexibility index (Phi) is 28.8. The van der Waals surface area contributed by atoms with Crippen molar-refractivity contribution in [3.05, 3.63) is 181 Å². The summed E-state index contributed by atoms with van der Waals surface area (Å²) in [6.07, 6.45) is -15.3. The summed E-state index contributed by atoms with van der Waals surface area (Å²) in [5, 5.41) is 137. The first-order chi connectivity index (χ1) is 56.4. The molecule has 1 saturated carbocycles. The van der Waals surface area contributed by atoms with Crippen LogP contribution in [0.2, 0.25) is 20.1 Å². The number of aromatic hydroxyl groups is 3. The van der Waals surface area contributed by atoms with Crippen LogP contribution in [-0.2, 0) is 61.0 Å². The maximum absolute atomic E-state index is 15.2. The van der Waals surface area contributed by atoms with Crippen LogP contribution in [0.3, 0.4) is 0 Å². The number of primary amides is 1. The van der Waals surface area contributed by atoms with Crippen molar-refractivity contribution >= 4 is 93.7 Å². The zero-order chi connectivity index (χ0) is 86.3. The Balaban J connectivity index is 0.995. The smallest absolute Gasteiger partial charge is 0.330 e. The SMILES string of the molecule is CN[C@H](CC(C)C)C(=O)N[C@H]1C(=O)N[C@@H](CC(N)=O)C(=O)N[C@H](C)C(=O)NC2C(=O)N[C@H](C(=O)N[C@H](C(=O)O)c3cc(O)cc(O)c3-c3cc2ccc3O)[C@H](O)c2ccc(c(Cl)c2)Oc2cccc(c2OC2CC(CO)C(O)C(O)C2OC2CC(C)(NCc3ccc(OCc4ccc(Cl)c(Cl)c4)cc3)C(O)C(C)O2)Oc2ccc(cc2Cl)[C@H]1O. The third-order valence-electron chi connectivity index (χ3n) is 21.0. The minimum atomic E-state index is -2.31. The average Bonchev–Trinajstić information content (AvgIpc) is 0.770. The second-order valence-corrected chi connectivity index (χ2v) is 31.8. The highest BCUT2D eigenvalue weighted by atomic mass is 35.5. The van der Waals surface area contributed by atoms with Crippen LogP contribution in [0.15, 0.2) is 127 Å². The van der Waals surface area contributed by atoms with Crippen molar-refractivity contribution in [1.29, 1.82) is 0 Å². The zero-order valence-corrected chi connectivity index (χ0v) is 67.8. The van der Waals surface area contributed by atoms with Crippen LogP contribution in [0, 0.1) is 11.8 Å². The summed E-state index contributed by atoms with van der Waals surface area (Å²) in [4.78, 5) is 115. The van der Waals surface area contributed by atoms with Gasteiger partial charge in [-0.3, -0.25) is 33.6 Å². The number of rotatable bonds is 19. The standard InChI is InChI=1S/C82H91Cl4N9O24/c1-35(2)22-52(88-6)76(107)94-66-68(101)41-14-20-56(50(85)25-41)116-58-8-7-9-59(72(58)118-60-27-43(33-96)70(103)71(104)73(60)119-62-31-82(5,74(105)37(4)115-62)89-32-38-10-16-45(17-11-38)114-34-39-12-18-48(83)49(84)23-39)117-57-21-15-42(26-51(57)86)69(102)67-80(111)93-65(81(112)113)47-28-44(97)29-55(99)63(47)46-24-40(13-19-54(46)98)64(78(109)95-67)92-75(106)36(3)90-77(108)53(30-61(87)100)91-79(66)110/h7-21,23-26,28-29,35-37,43,52-53,60,62,64-71,73-74,88-89,96-99,101-105H,22,27,30-34H2,1-6H3,(H2,87,100)(H,90,108)(H,91,110)(H,92,106)(H,93,111)(H,94,107)(H,95,109)(H,112,113)/t36-,37?,43?,52-,53+,60?,62?,64?,65+,66-,67+,68-,69-,70?,71?,73?,74?,82?/m1/s1. The second-order valence-electron chi connectivity index (χ2n) is 30.2. The highest BCUT2D eigenvalue weighted by Gasteiger charge is 2.51. The van der Waals surface area contributed by atoms with Gasteiger partial charge < -0.3 is 128 Å². The van der Waals surface area contributed by atoms with Crippen molar-refractivity contribution in [2.75, 3.05) is 13.7 Å². The van der Waals surface area contributed by atoms with E-state index in [0.29, 0.717) is 15.8 Å². The molecule has 33 nitrogen and oxygen atoms in total. The number of ether oxygens (including phenoxy) is 6. The molecular weight excluding hydrogens is 1640 g/mol. The number of phenolic OH excluding ortho intramolecular Hbond substituents is 3. The monoisotopic (exact) mass is 1730 g/mol. The van der Waals surface area contributed by atoms with Crippen LogP contribution in [0.1, 0.15) is 118 Å². The molecule has 13 rings (SSSR count). The molecule has 10 bridgehead atoms. The van der Waals surface area contributed by atoms with E-state index in [2.05, 4.69) is 42.5 Å². The molecule has 1 aliphatic carbocycles. The Morgan fingerprint density at radius 1 is 0.672 bits per heavy atom. The van der Waals surface area contributed by atoms with Gasteiger partial charge in [-0.2, -0.15) is 0 Å². The van der Waals surface area contributed by atoms with Gasteiger partial charge in [0.25, 0.3) is 0 Å². The lowest BCUT2D eigenvalue weighted by Crippen LogP contribution is -2.64. The minimum absolute atomic E-state index is 0.0801. The predicted molar refractivity (Wildman–Crippen MR) is 429 cm³/mol. The fourth-order valence-corrected chi connectivity index (χ4v) is 15.3. The van der Waals surface area contributed by atoms with Crippen molar-refractivity contribution in [2.45, 2.75) is 176 Å². The number of likely N-dealkylation sites (N-methyl/N-ethyl adjacent to an activating group) is 1. The minimum Gasteiger partial charge on any atom is -0.508 e. The molecule has 7 aromatic carbocycles. The largest absolute Gasteiger partial charge is 0.508 e. The van der Waals surface area contributed by atoms with Gasteiger partial charge in [0.15, 0.2) is 23.8 Å². The number of aliphatic hydroxyl groups is 6. The van der Waals surface area contributed by atoms with Gasteiger partial charge in [-0.15, -0.1) is 0 Å². The summed E-state index contributed by atoms with van der Waals surface area (Å²) >= 11 is 26.5. The number of halogens is 4. The molecule has 0 aromatic heterocycles. The second kappa shape index (κ2) is 38.4. The number of nitrogens with one attached hydrogen (secondary N) is 8. The molecule has 0 spiro atoms. The lowest BCUT2D eigenvalue weighted by atomic mass is 9.80. The number of carboxylic acid groups (broad SMARTS) is 1. The van der Waals surface area contributed by atoms with E-state index in [0.717, 1.165) is 54.4 Å². The van der Waals surface area contributed by atoms with Crippen LogP contribution in [0.5, 0.6) is 51.7 Å². The molecule has 0 radical (unpaired) electrons. The zero-order valence-electron chi connectivity index (χ0n) is 64.7. The van der Waals surface area contributed by atoms with Gasteiger partial charge in [0.05, 0.1) is 50.9 Å². The molecule has 37 heteroatoms. The summed E-state index contributed by atoms with van der Waals surface area (Å²) in [5.74, 6) is -14.6. The van der Waals surface area contributed by atoms with E-state index in [1.54, 1.807) is 44.2 Å². The molecule has 119 heavy (non-hydrogen) atoms. The number of aliphatic carboxylic acids is 1. The molecule has 2 fully saturated rings. The number of nitrogens with two attached hydrogens (primary N) is 1. The lowest BCUT2D eigenvalue weighted by Gasteiger charge is -2.48. The van der Waals surface area contributed by atoms with E-state index in [1.807, 2.05) is 26.0 Å². The molecular formula is C82H91Cl4N9O24. The normalized spacial score (nSPS) is 26.5. The summed E-state index contributed by atoms with van der Waals surface area (Å²) in [7, 11) is 1.48. The first kappa shape index (κ1) is 89.4. The highest BCUT2D eigenvalue weighted by molar-refractivity contribution is 6.42. The van der Waals surface area contributed by atoms with E-state index in [-0.39, 0.29) is 93.8 Å². The third-order valence-corrected chi connectivity index (χ3v) is 22.4. The van der Waals surface area contributed by atoms with E-state index in [9.17, 15) is 84.6 Å². The summed E-state index contributed by atoms with van der Waals surface area (Å²) in [6, 6.07) is 15.2. The molecule has 6 aliphatic rings. The number of fused-ring (bicyclic) bond motifs is 6. The maximum Gasteiger partial charge on any atom is 0.330 e. The van der Waals surface area contributed by atoms with Gasteiger partial charge in [-0.05, 0) is 153 Å². The Morgan fingerprint density at radius 2 is 1.32 bits per heavy atom. The number of carbonyl (C=O) groups is 8. The lowest BCUT2D eigenvalue weighted by molar-refractivity contribution is -0.289. The number of carboxylic acids is 1. The molecule has 18 atom stereocenters. The fourth-order valence-electron chi connectivity index (χ4n) is 14.5. The van der Waals surface area contributed by atoms with Crippen molar-refractivity contribution < 1.29 is 118 Å². The molecule has 7 aromatic rings. The Bertz CT molecular complexity index is 4960. The molecule has 1 saturated heterocycles. The van der Waals surface area contributed by atoms with E-state index < -0.39 is 203 Å². The summed E-state index contributed by atoms with van der Waals surface area (Å²) in [6.45, 7) is 7.85. The van der Waals surface area contributed by atoms with Crippen LogP contribution < -0.4 is 67.2 Å². The van der Waals surface area contributed by atoms with Gasteiger partial charge in [0.1, 0.15) is 102 Å². The van der Waals surface area contributed by atoms with Crippen molar-refractivity contribution in [2.24, 2.45) is 17.6 Å². The average molecular weight is 1730 g/mol. The van der Waals surface area contributed by atoms with Gasteiger partial charge in [-0.1, -0.05) is 103 Å². The molecule has 10 unspecified atom stereocenters. The van der Waals surface area contributed by atoms with Crippen LogP contribution in [0.4, 0.5) is 0 Å². The third kappa shape index (κ3) is 20.9. The van der Waals surface area contributed by atoms with Gasteiger partial charge in [0.2, 0.25) is 47.1 Å². The quantitative estimate of drug-likeness (QED) is 0.0453. The predicted octanol–water partition coefficient (Wildman–Crippen LogP) is 5.82. The topological polar surface area (TPSA) is 517 Å². The number of carbonyl (C=O) groups excluding carboxylic acids is 7. The molecule has 7 amide bonds. The van der Waals surface area contributed by atoms with Crippen molar-refractivity contribution in [3.63, 3.8) is 0 Å². The van der Waals surface area contributed by atoms with Gasteiger partial charge >= 0.3 is 5.97 Å². The maximum atomic E-state index is 15.2. The molecule has 20 N–H and O–H groups in total. The van der Waals surface area contributed by atoms with Crippen LogP contribution in [0.25, 0.3) is 11.1 Å². The van der Waals surface area contributed by atoms with Gasteiger partial charge in [0, 0.05) is 53.8 Å². The van der Waals surface area contributed by atoms with E-state index in [4.69, 9.17) is 80.6 Å².